The highest BCUT2D eigenvalue weighted by atomic mass is 14.5. The maximum Gasteiger partial charge on any atom is 0.0261 e. The van der Waals surface area contributed by atoms with Crippen LogP contribution in [0.25, 0.3) is 11.1 Å². The van der Waals surface area contributed by atoms with Gasteiger partial charge in [0.15, 0.2) is 0 Å². The van der Waals surface area contributed by atoms with Crippen molar-refractivity contribution in [3.05, 3.63) is 58.7 Å². The molecule has 0 saturated carbocycles. The molecule has 0 saturated heterocycles. The van der Waals surface area contributed by atoms with Crippen molar-refractivity contribution in [2.45, 2.75) is 85.5 Å². The van der Waals surface area contributed by atoms with Gasteiger partial charge in [0.05, 0.1) is 0 Å². The lowest BCUT2D eigenvalue weighted by Crippen LogP contribution is -2.37. The fraction of sp³-hybridized carbons (Fsp3) is 0.556. The van der Waals surface area contributed by atoms with E-state index in [0.29, 0.717) is 11.8 Å². The van der Waals surface area contributed by atoms with Crippen molar-refractivity contribution >= 4 is 0 Å². The van der Waals surface area contributed by atoms with Crippen molar-refractivity contribution in [2.75, 3.05) is 0 Å². The van der Waals surface area contributed by atoms with E-state index in [1.54, 1.807) is 11.1 Å². The lowest BCUT2D eigenvalue weighted by Gasteiger charge is -2.40. The van der Waals surface area contributed by atoms with E-state index in [1.165, 1.54) is 22.3 Å². The quantitative estimate of drug-likeness (QED) is 0.510. The van der Waals surface area contributed by atoms with Gasteiger partial charge in [0, 0.05) is 5.41 Å². The van der Waals surface area contributed by atoms with Crippen molar-refractivity contribution in [3.8, 4) is 11.1 Å². The van der Waals surface area contributed by atoms with Gasteiger partial charge in [-0.1, -0.05) is 106 Å². The molecule has 0 amide bonds. The molecule has 146 valence electrons. The first-order chi connectivity index (χ1) is 12.3. The van der Waals surface area contributed by atoms with Gasteiger partial charge in [-0.25, -0.2) is 0 Å². The van der Waals surface area contributed by atoms with Gasteiger partial charge in [0.2, 0.25) is 0 Å². The van der Waals surface area contributed by atoms with Crippen LogP contribution in [0.3, 0.4) is 0 Å². The summed E-state index contributed by atoms with van der Waals surface area (Å²) < 4.78 is 0. The number of hydrogen-bond donors (Lipinski definition) is 0. The van der Waals surface area contributed by atoms with Crippen LogP contribution >= 0.6 is 0 Å². The maximum absolute atomic E-state index is 2.41. The highest BCUT2D eigenvalue weighted by Gasteiger charge is 2.50. The van der Waals surface area contributed by atoms with E-state index in [1.807, 2.05) is 0 Å². The van der Waals surface area contributed by atoms with E-state index in [-0.39, 0.29) is 16.2 Å². The van der Waals surface area contributed by atoms with E-state index in [4.69, 9.17) is 0 Å². The van der Waals surface area contributed by atoms with Crippen LogP contribution in [-0.4, -0.2) is 0 Å². The molecule has 0 radical (unpaired) electrons. The third-order valence-electron chi connectivity index (χ3n) is 6.71. The molecule has 0 aromatic heterocycles. The van der Waals surface area contributed by atoms with Gasteiger partial charge in [0.25, 0.3) is 0 Å². The fourth-order valence-corrected chi connectivity index (χ4v) is 5.64. The second kappa shape index (κ2) is 6.23. The van der Waals surface area contributed by atoms with Crippen molar-refractivity contribution in [1.82, 2.24) is 0 Å². The lowest BCUT2D eigenvalue weighted by atomic mass is 9.62. The van der Waals surface area contributed by atoms with E-state index in [0.717, 1.165) is 0 Å². The third-order valence-corrected chi connectivity index (χ3v) is 6.71. The van der Waals surface area contributed by atoms with Crippen LogP contribution < -0.4 is 0 Å². The highest BCUT2D eigenvalue weighted by molar-refractivity contribution is 5.87. The molecule has 0 atom stereocenters. The van der Waals surface area contributed by atoms with Gasteiger partial charge in [-0.15, -0.1) is 0 Å². The number of fused-ring (bicyclic) bond motifs is 3. The molecule has 0 spiro atoms. The summed E-state index contributed by atoms with van der Waals surface area (Å²) in [6, 6.07) is 14.1. The van der Waals surface area contributed by atoms with Gasteiger partial charge in [0.1, 0.15) is 0 Å². The fourth-order valence-electron chi connectivity index (χ4n) is 5.64. The summed E-state index contributed by atoms with van der Waals surface area (Å²) in [5.41, 5.74) is 9.43. The summed E-state index contributed by atoms with van der Waals surface area (Å²) >= 11 is 0. The van der Waals surface area contributed by atoms with Crippen molar-refractivity contribution < 1.29 is 0 Å². The first kappa shape index (κ1) is 20.2. The second-order valence-corrected chi connectivity index (χ2v) is 11.1. The Labute approximate surface area is 167 Å². The second-order valence-electron chi connectivity index (χ2n) is 11.1. The third kappa shape index (κ3) is 2.79. The minimum Gasteiger partial charge on any atom is -0.0616 e. The van der Waals surface area contributed by atoms with Crippen LogP contribution in [0.1, 0.15) is 91.5 Å². The van der Waals surface area contributed by atoms with E-state index >= 15 is 0 Å². The Morgan fingerprint density at radius 3 is 1.19 bits per heavy atom. The standard InChI is InChI=1S/C27H38/c1-17(2)27(18(3)4)21-15-11-13-19(25(5,6)7)23(21)24-20(26(8,9)10)14-12-16-22(24)27/h11-18H,1-10H3. The molecule has 0 fully saturated rings. The molecule has 0 bridgehead atoms. The normalized spacial score (nSPS) is 16.0. The summed E-state index contributed by atoms with van der Waals surface area (Å²) in [4.78, 5) is 0. The molecule has 0 heteroatoms. The average molecular weight is 363 g/mol. The minimum atomic E-state index is 0.0766. The van der Waals surface area contributed by atoms with E-state index in [2.05, 4.69) is 106 Å². The molecule has 27 heavy (non-hydrogen) atoms. The first-order valence-electron chi connectivity index (χ1n) is 10.6. The van der Waals surface area contributed by atoms with Gasteiger partial charge in [-0.05, 0) is 56.0 Å². The molecule has 0 aliphatic heterocycles. The van der Waals surface area contributed by atoms with Gasteiger partial charge < -0.3 is 0 Å². The Balaban J connectivity index is 2.58. The van der Waals surface area contributed by atoms with Crippen molar-refractivity contribution in [2.24, 2.45) is 11.8 Å². The Morgan fingerprint density at radius 2 is 0.926 bits per heavy atom. The molecular weight excluding hydrogens is 324 g/mol. The summed E-state index contributed by atoms with van der Waals surface area (Å²) in [5, 5.41) is 0. The summed E-state index contributed by atoms with van der Waals surface area (Å²) in [7, 11) is 0. The molecule has 1 aliphatic carbocycles. The van der Waals surface area contributed by atoms with Crippen LogP contribution in [0.4, 0.5) is 0 Å². The molecule has 2 aromatic rings. The molecule has 2 aromatic carbocycles. The summed E-state index contributed by atoms with van der Waals surface area (Å²) in [6.45, 7) is 23.8. The molecule has 0 unspecified atom stereocenters. The van der Waals surface area contributed by atoms with Crippen LogP contribution in [-0.2, 0) is 16.2 Å². The zero-order valence-electron chi connectivity index (χ0n) is 19.1. The maximum atomic E-state index is 2.41. The predicted molar refractivity (Wildman–Crippen MR) is 120 cm³/mol. The predicted octanol–water partition coefficient (Wildman–Crippen LogP) is 7.86. The van der Waals surface area contributed by atoms with Gasteiger partial charge in [-0.3, -0.25) is 0 Å². The van der Waals surface area contributed by atoms with Crippen molar-refractivity contribution in [3.63, 3.8) is 0 Å². The Kier molecular flexibility index (Phi) is 4.65. The zero-order valence-corrected chi connectivity index (χ0v) is 19.1. The first-order valence-corrected chi connectivity index (χ1v) is 10.6. The van der Waals surface area contributed by atoms with Gasteiger partial charge in [-0.2, -0.15) is 0 Å². The van der Waals surface area contributed by atoms with Gasteiger partial charge >= 0.3 is 0 Å². The molecule has 1 aliphatic rings. The van der Waals surface area contributed by atoms with Crippen LogP contribution in [0.5, 0.6) is 0 Å². The van der Waals surface area contributed by atoms with Crippen LogP contribution in [0.15, 0.2) is 36.4 Å². The van der Waals surface area contributed by atoms with E-state index in [9.17, 15) is 0 Å². The molecule has 0 nitrogen and oxygen atoms in total. The highest BCUT2D eigenvalue weighted by Crippen LogP contribution is 2.60. The van der Waals surface area contributed by atoms with Crippen molar-refractivity contribution in [1.29, 1.82) is 0 Å². The monoisotopic (exact) mass is 362 g/mol. The van der Waals surface area contributed by atoms with Crippen LogP contribution in [0, 0.1) is 11.8 Å². The Morgan fingerprint density at radius 1 is 0.593 bits per heavy atom. The molecule has 0 heterocycles. The molecule has 0 N–H and O–H groups in total. The number of hydrogen-bond acceptors (Lipinski definition) is 0. The average Bonchev–Trinajstić information content (AvgIpc) is 2.84. The minimum absolute atomic E-state index is 0.0766. The largest absolute Gasteiger partial charge is 0.0616 e. The summed E-state index contributed by atoms with van der Waals surface area (Å²) in [6.07, 6.45) is 0. The molecular formula is C27H38. The zero-order chi connectivity index (χ0) is 20.4. The number of rotatable bonds is 2. The Bertz CT molecular complexity index is 777. The molecule has 3 rings (SSSR count). The van der Waals surface area contributed by atoms with Crippen LogP contribution in [0.2, 0.25) is 0 Å². The Hall–Kier alpha value is -1.56. The topological polar surface area (TPSA) is 0 Å². The lowest BCUT2D eigenvalue weighted by molar-refractivity contribution is 0.280. The van der Waals surface area contributed by atoms with E-state index < -0.39 is 0 Å². The smallest absolute Gasteiger partial charge is 0.0261 e. The SMILES string of the molecule is CC(C)C1(C(C)C)c2cccc(C(C)(C)C)c2-c2c(C(C)(C)C)cccc21. The summed E-state index contributed by atoms with van der Waals surface area (Å²) in [5.74, 6) is 1.09. The number of benzene rings is 2.